The van der Waals surface area contributed by atoms with Gasteiger partial charge in [0.15, 0.2) is 0 Å². The Bertz CT molecular complexity index is 231. The van der Waals surface area contributed by atoms with E-state index in [9.17, 15) is 0 Å². The van der Waals surface area contributed by atoms with E-state index in [-0.39, 0.29) is 0 Å². The van der Waals surface area contributed by atoms with E-state index in [1.165, 1.54) is 57.9 Å². The van der Waals surface area contributed by atoms with E-state index in [2.05, 4.69) is 31.1 Å². The van der Waals surface area contributed by atoms with Gasteiger partial charge in [0.05, 0.1) is 0 Å². The number of hydrogen-bond donors (Lipinski definition) is 1. The third-order valence-electron chi connectivity index (χ3n) is 5.09. The van der Waals surface area contributed by atoms with E-state index in [0.717, 1.165) is 18.0 Å². The Balaban J connectivity index is 1.78. The van der Waals surface area contributed by atoms with Crippen molar-refractivity contribution in [2.45, 2.75) is 83.3 Å². The van der Waals surface area contributed by atoms with Crippen LogP contribution in [-0.4, -0.2) is 36.6 Å². The second-order valence-corrected chi connectivity index (χ2v) is 6.78. The smallest absolute Gasteiger partial charge is 0.0136 e. The lowest BCUT2D eigenvalue weighted by molar-refractivity contribution is 0.0432. The molecule has 0 radical (unpaired) electrons. The van der Waals surface area contributed by atoms with Crippen molar-refractivity contribution < 1.29 is 0 Å². The molecular formula is C16H32N2. The molecule has 0 amide bonds. The van der Waals surface area contributed by atoms with Crippen LogP contribution in [0.4, 0.5) is 0 Å². The zero-order valence-corrected chi connectivity index (χ0v) is 12.6. The quantitative estimate of drug-likeness (QED) is 0.754. The van der Waals surface area contributed by atoms with Crippen LogP contribution in [0.3, 0.4) is 0 Å². The molecule has 2 aliphatic rings. The molecule has 2 rings (SSSR count). The van der Waals surface area contributed by atoms with Crippen molar-refractivity contribution in [1.29, 1.82) is 0 Å². The molecule has 0 aromatic heterocycles. The Morgan fingerprint density at radius 1 is 1.00 bits per heavy atom. The summed E-state index contributed by atoms with van der Waals surface area (Å²) < 4.78 is 0. The van der Waals surface area contributed by atoms with Gasteiger partial charge in [-0.05, 0) is 45.2 Å². The zero-order valence-electron chi connectivity index (χ0n) is 12.6. The van der Waals surface area contributed by atoms with Gasteiger partial charge in [0, 0.05) is 18.1 Å². The molecule has 2 saturated carbocycles. The van der Waals surface area contributed by atoms with Gasteiger partial charge in [0.25, 0.3) is 0 Å². The summed E-state index contributed by atoms with van der Waals surface area (Å²) in [5.41, 5.74) is 0. The second-order valence-electron chi connectivity index (χ2n) is 6.78. The number of hydrogen-bond acceptors (Lipinski definition) is 2. The Hall–Kier alpha value is -0.0800. The van der Waals surface area contributed by atoms with E-state index in [0.29, 0.717) is 6.04 Å². The highest BCUT2D eigenvalue weighted by Gasteiger charge is 2.36. The van der Waals surface area contributed by atoms with Crippen LogP contribution < -0.4 is 5.32 Å². The molecule has 2 nitrogen and oxygen atoms in total. The second kappa shape index (κ2) is 6.91. The number of rotatable bonds is 5. The van der Waals surface area contributed by atoms with E-state index in [1.54, 1.807) is 0 Å². The van der Waals surface area contributed by atoms with Crippen LogP contribution in [0.15, 0.2) is 0 Å². The number of nitrogens with one attached hydrogen (secondary N) is 1. The summed E-state index contributed by atoms with van der Waals surface area (Å²) in [6, 6.07) is 2.37. The molecule has 1 N–H and O–H groups in total. The van der Waals surface area contributed by atoms with Gasteiger partial charge in [-0.2, -0.15) is 0 Å². The molecule has 0 bridgehead atoms. The van der Waals surface area contributed by atoms with Gasteiger partial charge in [-0.1, -0.05) is 39.5 Å². The van der Waals surface area contributed by atoms with E-state index in [4.69, 9.17) is 0 Å². The van der Waals surface area contributed by atoms with Gasteiger partial charge in [0.2, 0.25) is 0 Å². The Labute approximate surface area is 114 Å². The summed E-state index contributed by atoms with van der Waals surface area (Å²) in [6.45, 7) is 5.73. The van der Waals surface area contributed by atoms with Crippen molar-refractivity contribution >= 4 is 0 Å². The molecule has 2 fully saturated rings. The summed E-state index contributed by atoms with van der Waals surface area (Å²) in [7, 11) is 2.39. The summed E-state index contributed by atoms with van der Waals surface area (Å²) >= 11 is 0. The van der Waals surface area contributed by atoms with Crippen LogP contribution in [0.2, 0.25) is 0 Å². The van der Waals surface area contributed by atoms with Crippen molar-refractivity contribution in [2.24, 2.45) is 5.92 Å². The van der Waals surface area contributed by atoms with Crippen molar-refractivity contribution in [3.8, 4) is 0 Å². The van der Waals surface area contributed by atoms with Crippen LogP contribution in [0.1, 0.15) is 65.2 Å². The first kappa shape index (κ1) is 14.3. The fourth-order valence-electron chi connectivity index (χ4n) is 3.65. The largest absolute Gasteiger partial charge is 0.314 e. The third-order valence-corrected chi connectivity index (χ3v) is 5.09. The van der Waals surface area contributed by atoms with Crippen LogP contribution in [-0.2, 0) is 0 Å². The molecule has 2 atom stereocenters. The van der Waals surface area contributed by atoms with Crippen molar-refractivity contribution in [3.63, 3.8) is 0 Å². The van der Waals surface area contributed by atoms with Gasteiger partial charge < -0.3 is 10.2 Å². The molecule has 0 heterocycles. The Kier molecular flexibility index (Phi) is 5.50. The minimum absolute atomic E-state index is 0.634. The van der Waals surface area contributed by atoms with Gasteiger partial charge in [0.1, 0.15) is 0 Å². The highest BCUT2D eigenvalue weighted by atomic mass is 15.2. The van der Waals surface area contributed by atoms with E-state index in [1.807, 2.05) is 0 Å². The average molecular weight is 252 g/mol. The first-order valence-electron chi connectivity index (χ1n) is 8.14. The lowest BCUT2D eigenvalue weighted by Gasteiger charge is -2.46. The minimum atomic E-state index is 0.634. The fourth-order valence-corrected chi connectivity index (χ4v) is 3.65. The maximum atomic E-state index is 3.62. The topological polar surface area (TPSA) is 15.3 Å². The summed E-state index contributed by atoms with van der Waals surface area (Å²) in [6.07, 6.45) is 11.6. The molecule has 2 aliphatic carbocycles. The molecule has 2 heteroatoms. The maximum absolute atomic E-state index is 3.62. The molecule has 0 aromatic carbocycles. The molecular weight excluding hydrogens is 220 g/mol. The lowest BCUT2D eigenvalue weighted by atomic mass is 9.77. The molecule has 18 heavy (non-hydrogen) atoms. The maximum Gasteiger partial charge on any atom is 0.0136 e. The molecule has 106 valence electrons. The SMILES string of the molecule is CC(C)NCC1CCC1N(C)C1CCCCCC1. The van der Waals surface area contributed by atoms with Crippen LogP contribution in [0.5, 0.6) is 0 Å². The predicted octanol–water partition coefficient (Wildman–Crippen LogP) is 3.42. The lowest BCUT2D eigenvalue weighted by Crippen LogP contribution is -2.52. The van der Waals surface area contributed by atoms with Gasteiger partial charge in [-0.3, -0.25) is 0 Å². The molecule has 0 saturated heterocycles. The van der Waals surface area contributed by atoms with Crippen molar-refractivity contribution in [2.75, 3.05) is 13.6 Å². The van der Waals surface area contributed by atoms with Crippen molar-refractivity contribution in [3.05, 3.63) is 0 Å². The molecule has 0 aliphatic heterocycles. The standard InChI is InChI=1S/C16H32N2/c1-13(2)17-12-14-10-11-16(14)18(3)15-8-6-4-5-7-9-15/h13-17H,4-12H2,1-3H3. The summed E-state index contributed by atoms with van der Waals surface area (Å²) in [4.78, 5) is 2.74. The normalized spacial score (nSPS) is 30.5. The summed E-state index contributed by atoms with van der Waals surface area (Å²) in [5, 5.41) is 3.62. The fraction of sp³-hybridized carbons (Fsp3) is 1.00. The van der Waals surface area contributed by atoms with Crippen LogP contribution in [0.25, 0.3) is 0 Å². The number of nitrogens with zero attached hydrogens (tertiary/aromatic N) is 1. The monoisotopic (exact) mass is 252 g/mol. The third kappa shape index (κ3) is 3.71. The van der Waals surface area contributed by atoms with Crippen LogP contribution >= 0.6 is 0 Å². The first-order valence-corrected chi connectivity index (χ1v) is 8.14. The van der Waals surface area contributed by atoms with Crippen LogP contribution in [0, 0.1) is 5.92 Å². The van der Waals surface area contributed by atoms with Crippen molar-refractivity contribution in [1.82, 2.24) is 10.2 Å². The Morgan fingerprint density at radius 2 is 1.67 bits per heavy atom. The average Bonchev–Trinajstić information content (AvgIpc) is 2.55. The predicted molar refractivity (Wildman–Crippen MR) is 78.9 cm³/mol. The molecule has 2 unspecified atom stereocenters. The minimum Gasteiger partial charge on any atom is -0.314 e. The first-order chi connectivity index (χ1) is 8.68. The highest BCUT2D eigenvalue weighted by molar-refractivity contribution is 4.91. The molecule has 0 aromatic rings. The zero-order chi connectivity index (χ0) is 13.0. The van der Waals surface area contributed by atoms with Gasteiger partial charge in [-0.25, -0.2) is 0 Å². The van der Waals surface area contributed by atoms with Gasteiger partial charge >= 0.3 is 0 Å². The van der Waals surface area contributed by atoms with E-state index >= 15 is 0 Å². The van der Waals surface area contributed by atoms with E-state index < -0.39 is 0 Å². The molecule has 0 spiro atoms. The van der Waals surface area contributed by atoms with Gasteiger partial charge in [-0.15, -0.1) is 0 Å². The summed E-state index contributed by atoms with van der Waals surface area (Å²) in [5.74, 6) is 0.903. The Morgan fingerprint density at radius 3 is 2.17 bits per heavy atom. The highest BCUT2D eigenvalue weighted by Crippen LogP contribution is 2.34.